The van der Waals surface area contributed by atoms with E-state index in [0.717, 1.165) is 24.8 Å². The molecule has 4 N–H and O–H groups in total. The molecule has 2 aromatic carbocycles. The number of hydroxylamine groups is 2. The van der Waals surface area contributed by atoms with Gasteiger partial charge in [-0.25, -0.2) is 5.06 Å². The van der Waals surface area contributed by atoms with Crippen LogP contribution in [-0.4, -0.2) is 60.1 Å². The van der Waals surface area contributed by atoms with Crippen LogP contribution in [0, 0.1) is 5.92 Å². The van der Waals surface area contributed by atoms with Gasteiger partial charge in [0, 0.05) is 15.7 Å². The van der Waals surface area contributed by atoms with Gasteiger partial charge < -0.3 is 25.1 Å². The molecule has 0 aliphatic rings. The fourth-order valence-corrected chi connectivity index (χ4v) is 5.28. The van der Waals surface area contributed by atoms with Crippen molar-refractivity contribution in [1.29, 1.82) is 0 Å². The normalized spacial score (nSPS) is 12.4. The topological polar surface area (TPSA) is 186 Å². The number of carbonyl (C=O) groups is 4. The molecular weight excluding hydrogens is 655 g/mol. The first-order chi connectivity index (χ1) is 23.7. The van der Waals surface area contributed by atoms with Crippen molar-refractivity contribution >= 4 is 32.4 Å². The van der Waals surface area contributed by atoms with E-state index < -0.39 is 38.8 Å². The number of furan rings is 1. The van der Waals surface area contributed by atoms with Gasteiger partial charge in [-0.15, -0.1) is 4.89 Å². The predicted molar refractivity (Wildman–Crippen MR) is 180 cm³/mol. The summed E-state index contributed by atoms with van der Waals surface area (Å²) in [5, 5.41) is 8.98. The van der Waals surface area contributed by atoms with E-state index in [1.54, 1.807) is 19.1 Å². The van der Waals surface area contributed by atoms with Crippen LogP contribution in [0.1, 0.15) is 79.4 Å². The summed E-state index contributed by atoms with van der Waals surface area (Å²) in [4.78, 5) is 65.7. The summed E-state index contributed by atoms with van der Waals surface area (Å²) in [6.07, 6.45) is 4.27. The summed E-state index contributed by atoms with van der Waals surface area (Å²) >= 11 is 0. The van der Waals surface area contributed by atoms with Crippen LogP contribution in [0.2, 0.25) is 0 Å². The van der Waals surface area contributed by atoms with Gasteiger partial charge in [-0.05, 0) is 55.7 Å². The van der Waals surface area contributed by atoms with Gasteiger partial charge in [-0.2, -0.15) is 0 Å². The summed E-state index contributed by atoms with van der Waals surface area (Å²) in [7, 11) is -2.87. The van der Waals surface area contributed by atoms with Crippen LogP contribution in [-0.2, 0) is 30.1 Å². The first-order valence-corrected chi connectivity index (χ1v) is 17.2. The summed E-state index contributed by atoms with van der Waals surface area (Å²) in [6, 6.07) is 16.5. The third-order valence-corrected chi connectivity index (χ3v) is 7.86. The van der Waals surface area contributed by atoms with E-state index >= 15 is 0 Å². The van der Waals surface area contributed by atoms with E-state index in [1.807, 2.05) is 37.3 Å². The Balaban J connectivity index is 1.66. The van der Waals surface area contributed by atoms with E-state index in [-0.39, 0.29) is 36.3 Å². The lowest BCUT2D eigenvalue weighted by Gasteiger charge is -2.32. The van der Waals surface area contributed by atoms with Crippen molar-refractivity contribution in [1.82, 2.24) is 21.0 Å². The van der Waals surface area contributed by atoms with E-state index in [1.165, 1.54) is 23.3 Å². The van der Waals surface area contributed by atoms with Crippen LogP contribution in [0.3, 0.4) is 0 Å². The second-order valence-corrected chi connectivity index (χ2v) is 11.6. The van der Waals surface area contributed by atoms with Gasteiger partial charge in [0.05, 0.1) is 25.2 Å². The summed E-state index contributed by atoms with van der Waals surface area (Å²) in [5.74, 6) is -1.48. The van der Waals surface area contributed by atoms with Gasteiger partial charge in [0.2, 0.25) is 12.3 Å². The second-order valence-electron chi connectivity index (χ2n) is 10.9. The molecule has 14 nitrogen and oxygen atoms in total. The quantitative estimate of drug-likeness (QED) is 0.0363. The first kappa shape index (κ1) is 38.8. The largest absolute Gasteiger partial charge is 0.696 e. The van der Waals surface area contributed by atoms with Crippen molar-refractivity contribution in [3.8, 4) is 17.1 Å². The second kappa shape index (κ2) is 20.7. The molecule has 0 fully saturated rings. The lowest BCUT2D eigenvalue weighted by molar-refractivity contribution is -0.200. The molecule has 264 valence electrons. The van der Waals surface area contributed by atoms with Gasteiger partial charge in [0.25, 0.3) is 11.8 Å². The van der Waals surface area contributed by atoms with Crippen LogP contribution < -0.4 is 20.7 Å². The number of nitrogens with zero attached hydrogens (tertiary/aromatic N) is 1. The summed E-state index contributed by atoms with van der Waals surface area (Å²) < 4.78 is 26.6. The highest BCUT2D eigenvalue weighted by molar-refractivity contribution is 7.32. The standard InChI is InChI=1S/C34H43N4O10P/c1-4-7-9-14-28(29(5-2)38(23-39)46-20-24-12-10-8-11-13-24)33(41)35-21-36-34(42)31-16-15-30(48-31)25-17-26(19-27(18-25)45-6-3)32(40)37-22-47-49(43)44/h8,10-13,15-19,23,28-29H,4-7,9,14,20-22H2,1-3H3,(H3-,35,36,37,40,41,42,43,44)/p+1. The van der Waals surface area contributed by atoms with Gasteiger partial charge in [-0.3, -0.25) is 24.0 Å². The van der Waals surface area contributed by atoms with Gasteiger partial charge in [-0.1, -0.05) is 68.0 Å². The Hall–Kier alpha value is -4.62. The predicted octanol–water partition coefficient (Wildman–Crippen LogP) is 5.07. The lowest BCUT2D eigenvalue weighted by atomic mass is 9.90. The Labute approximate surface area is 286 Å². The molecule has 1 aromatic heterocycles. The van der Waals surface area contributed by atoms with E-state index in [2.05, 4.69) is 27.4 Å². The molecule has 3 atom stereocenters. The molecule has 0 saturated heterocycles. The maximum absolute atomic E-state index is 13.4. The van der Waals surface area contributed by atoms with Gasteiger partial charge in [0.15, 0.2) is 12.5 Å². The van der Waals surface area contributed by atoms with Crippen LogP contribution >= 0.6 is 8.25 Å². The fourth-order valence-electron chi connectivity index (χ4n) is 5.10. The zero-order valence-electron chi connectivity index (χ0n) is 27.9. The Morgan fingerprint density at radius 3 is 2.43 bits per heavy atom. The Morgan fingerprint density at radius 2 is 1.76 bits per heavy atom. The Kier molecular flexibility index (Phi) is 16.4. The highest BCUT2D eigenvalue weighted by Gasteiger charge is 2.32. The number of unbranched alkanes of at least 4 members (excludes halogenated alkanes) is 2. The molecule has 15 heteroatoms. The van der Waals surface area contributed by atoms with Gasteiger partial charge in [0.1, 0.15) is 18.1 Å². The SMILES string of the molecule is CCCCCC(C(=O)NCNC(=O)c1ccc(-c2cc(OCC)cc(C(=O)NCO[P+](=O)O)c2)o1)C(CC)N(C=O)OCc1ccccc1. The molecule has 0 bridgehead atoms. The third kappa shape index (κ3) is 12.4. The average Bonchev–Trinajstić information content (AvgIpc) is 3.60. The van der Waals surface area contributed by atoms with Crippen molar-refractivity contribution in [2.24, 2.45) is 5.92 Å². The lowest BCUT2D eigenvalue weighted by Crippen LogP contribution is -2.48. The van der Waals surface area contributed by atoms with Crippen LogP contribution in [0.15, 0.2) is 65.1 Å². The van der Waals surface area contributed by atoms with Crippen molar-refractivity contribution in [3.05, 3.63) is 77.6 Å². The number of amides is 4. The molecular formula is C34H44N4O10P+. The summed E-state index contributed by atoms with van der Waals surface area (Å²) in [5.41, 5.74) is 1.49. The summed E-state index contributed by atoms with van der Waals surface area (Å²) in [6.45, 7) is 5.56. The van der Waals surface area contributed by atoms with Crippen LogP contribution in [0.5, 0.6) is 5.75 Å². The molecule has 1 heterocycles. The van der Waals surface area contributed by atoms with Crippen molar-refractivity contribution in [3.63, 3.8) is 0 Å². The maximum Gasteiger partial charge on any atom is 0.696 e. The maximum atomic E-state index is 13.4. The first-order valence-electron chi connectivity index (χ1n) is 16.1. The molecule has 3 aromatic rings. The smallest absolute Gasteiger partial charge is 0.494 e. The molecule has 0 aliphatic carbocycles. The van der Waals surface area contributed by atoms with E-state index in [9.17, 15) is 23.7 Å². The van der Waals surface area contributed by atoms with Crippen LogP contribution in [0.4, 0.5) is 0 Å². The molecule has 0 spiro atoms. The average molecular weight is 700 g/mol. The van der Waals surface area contributed by atoms with E-state index in [4.69, 9.17) is 18.9 Å². The Morgan fingerprint density at radius 1 is 0.980 bits per heavy atom. The monoisotopic (exact) mass is 699 g/mol. The molecule has 0 aliphatic heterocycles. The molecule has 49 heavy (non-hydrogen) atoms. The van der Waals surface area contributed by atoms with Crippen molar-refractivity contribution in [2.45, 2.75) is 65.5 Å². The number of carbonyl (C=O) groups excluding carboxylic acids is 4. The Bertz CT molecular complexity index is 1530. The fraction of sp³-hybridized carbons (Fsp3) is 0.412. The number of rotatable bonds is 22. The highest BCUT2D eigenvalue weighted by atomic mass is 31.1. The minimum atomic E-state index is -2.87. The molecule has 3 unspecified atom stereocenters. The highest BCUT2D eigenvalue weighted by Crippen LogP contribution is 2.28. The number of nitrogens with one attached hydrogen (secondary N) is 3. The zero-order chi connectivity index (χ0) is 35.6. The minimum Gasteiger partial charge on any atom is -0.494 e. The van der Waals surface area contributed by atoms with Crippen molar-refractivity contribution < 1.29 is 47.2 Å². The third-order valence-electron chi connectivity index (χ3n) is 7.51. The minimum absolute atomic E-state index is 0.0374. The molecule has 0 radical (unpaired) electrons. The molecule has 0 saturated carbocycles. The molecule has 4 amide bonds. The number of benzene rings is 2. The number of hydrogen-bond donors (Lipinski definition) is 4. The number of ether oxygens (including phenoxy) is 1. The molecule has 3 rings (SSSR count). The zero-order valence-corrected chi connectivity index (χ0v) is 28.8. The number of hydrogen-bond acceptors (Lipinski definition) is 9. The van der Waals surface area contributed by atoms with E-state index in [0.29, 0.717) is 37.2 Å². The van der Waals surface area contributed by atoms with Crippen molar-refractivity contribution in [2.75, 3.05) is 20.0 Å². The van der Waals surface area contributed by atoms with Crippen LogP contribution in [0.25, 0.3) is 11.3 Å². The van der Waals surface area contributed by atoms with Gasteiger partial charge >= 0.3 is 8.25 Å².